The number of carbonyl (C=O) groups excluding carboxylic acids is 1. The molecule has 5 nitrogen and oxygen atoms in total. The maximum absolute atomic E-state index is 11.6. The highest BCUT2D eigenvalue weighted by molar-refractivity contribution is 5.71. The first-order valence-electron chi connectivity index (χ1n) is 7.18. The van der Waals surface area contributed by atoms with Crippen LogP contribution in [0.3, 0.4) is 0 Å². The van der Waals surface area contributed by atoms with Crippen molar-refractivity contribution in [2.45, 2.75) is 20.0 Å². The van der Waals surface area contributed by atoms with Crippen molar-refractivity contribution in [2.24, 2.45) is 0 Å². The number of aromatic nitrogens is 1. The fourth-order valence-corrected chi connectivity index (χ4v) is 1.68. The zero-order valence-electron chi connectivity index (χ0n) is 12.5. The fraction of sp³-hybridized carbons (Fsp3) is 0.294. The van der Waals surface area contributed by atoms with Gasteiger partial charge in [0, 0.05) is 18.0 Å². The molecule has 0 saturated carbocycles. The van der Waals surface area contributed by atoms with Crippen LogP contribution in [0, 0.1) is 0 Å². The number of hydrogen-bond acceptors (Lipinski definition) is 5. The second kappa shape index (κ2) is 8.67. The van der Waals surface area contributed by atoms with Gasteiger partial charge in [0.2, 0.25) is 0 Å². The van der Waals surface area contributed by atoms with Gasteiger partial charge in [0.05, 0.1) is 6.61 Å². The smallest absolute Gasteiger partial charge is 0.344 e. The number of ether oxygens (including phenoxy) is 3. The number of esters is 1. The first-order chi connectivity index (χ1) is 10.8. The maximum atomic E-state index is 11.6. The Morgan fingerprint density at radius 1 is 1.09 bits per heavy atom. The zero-order valence-corrected chi connectivity index (χ0v) is 12.5. The summed E-state index contributed by atoms with van der Waals surface area (Å²) in [5.74, 6) is 0.964. The molecule has 1 heterocycles. The molecule has 0 bridgehead atoms. The van der Waals surface area contributed by atoms with E-state index in [9.17, 15) is 4.79 Å². The minimum absolute atomic E-state index is 0.130. The zero-order chi connectivity index (χ0) is 15.6. The van der Waals surface area contributed by atoms with Gasteiger partial charge in [-0.15, -0.1) is 0 Å². The molecule has 0 atom stereocenters. The molecule has 22 heavy (non-hydrogen) atoms. The molecule has 2 aromatic rings. The van der Waals surface area contributed by atoms with Crippen molar-refractivity contribution in [3.63, 3.8) is 0 Å². The van der Waals surface area contributed by atoms with E-state index in [0.717, 1.165) is 17.7 Å². The third kappa shape index (κ3) is 5.44. The van der Waals surface area contributed by atoms with Crippen LogP contribution in [0.25, 0.3) is 0 Å². The minimum Gasteiger partial charge on any atom is -0.494 e. The van der Waals surface area contributed by atoms with Crippen LogP contribution in [0.2, 0.25) is 0 Å². The fourth-order valence-electron chi connectivity index (χ4n) is 1.68. The summed E-state index contributed by atoms with van der Waals surface area (Å²) in [5.41, 5.74) is 0.841. The molecule has 0 aliphatic rings. The van der Waals surface area contributed by atoms with Crippen molar-refractivity contribution < 1.29 is 19.0 Å². The van der Waals surface area contributed by atoms with Crippen LogP contribution in [-0.2, 0) is 16.1 Å². The number of hydrogen-bond donors (Lipinski definition) is 0. The molecule has 0 fully saturated rings. The quantitative estimate of drug-likeness (QED) is 0.702. The first-order valence-corrected chi connectivity index (χ1v) is 7.18. The molecular weight excluding hydrogens is 282 g/mol. The Kier molecular flexibility index (Phi) is 6.23. The Morgan fingerprint density at radius 2 is 1.82 bits per heavy atom. The molecule has 2 rings (SSSR count). The summed E-state index contributed by atoms with van der Waals surface area (Å²) in [4.78, 5) is 15.6. The number of carbonyl (C=O) groups is 1. The van der Waals surface area contributed by atoms with E-state index in [1.165, 1.54) is 0 Å². The highest BCUT2D eigenvalue weighted by Crippen LogP contribution is 2.17. The Hall–Kier alpha value is -2.56. The predicted octanol–water partition coefficient (Wildman–Crippen LogP) is 2.99. The van der Waals surface area contributed by atoms with Crippen molar-refractivity contribution in [1.82, 2.24) is 4.98 Å². The van der Waals surface area contributed by atoms with Gasteiger partial charge in [0.1, 0.15) is 18.1 Å². The first kappa shape index (κ1) is 15.8. The van der Waals surface area contributed by atoms with E-state index in [2.05, 4.69) is 11.9 Å². The van der Waals surface area contributed by atoms with Gasteiger partial charge in [-0.2, -0.15) is 0 Å². The second-order valence-corrected chi connectivity index (χ2v) is 4.63. The SMILES string of the molecule is CCCOc1ccc(OCC(=O)OCc2cccnc2)cc1. The Balaban J connectivity index is 1.71. The predicted molar refractivity (Wildman–Crippen MR) is 81.8 cm³/mol. The van der Waals surface area contributed by atoms with Crippen molar-refractivity contribution in [2.75, 3.05) is 13.2 Å². The van der Waals surface area contributed by atoms with Crippen LogP contribution in [0.15, 0.2) is 48.8 Å². The van der Waals surface area contributed by atoms with Crippen LogP contribution >= 0.6 is 0 Å². The lowest BCUT2D eigenvalue weighted by Crippen LogP contribution is -2.14. The van der Waals surface area contributed by atoms with E-state index < -0.39 is 5.97 Å². The van der Waals surface area contributed by atoms with Gasteiger partial charge in [0.15, 0.2) is 6.61 Å². The molecule has 1 aromatic carbocycles. The lowest BCUT2D eigenvalue weighted by Gasteiger charge is -2.08. The molecule has 0 N–H and O–H groups in total. The summed E-state index contributed by atoms with van der Waals surface area (Å²) in [6, 6.07) is 10.8. The molecule has 0 spiro atoms. The van der Waals surface area contributed by atoms with Gasteiger partial charge in [-0.05, 0) is 36.8 Å². The molecule has 0 unspecified atom stereocenters. The summed E-state index contributed by atoms with van der Waals surface area (Å²) in [5, 5.41) is 0. The molecule has 5 heteroatoms. The number of benzene rings is 1. The normalized spacial score (nSPS) is 10.0. The molecule has 1 aromatic heterocycles. The average molecular weight is 301 g/mol. The molecule has 0 amide bonds. The summed E-state index contributed by atoms with van der Waals surface area (Å²) in [6.07, 6.45) is 4.28. The molecule has 0 aliphatic carbocycles. The van der Waals surface area contributed by atoms with E-state index in [1.807, 2.05) is 18.2 Å². The molecular formula is C17H19NO4. The summed E-state index contributed by atoms with van der Waals surface area (Å²) < 4.78 is 15.9. The third-order valence-corrected chi connectivity index (χ3v) is 2.78. The van der Waals surface area contributed by atoms with Crippen LogP contribution < -0.4 is 9.47 Å². The second-order valence-electron chi connectivity index (χ2n) is 4.63. The van der Waals surface area contributed by atoms with Gasteiger partial charge in [0.25, 0.3) is 0 Å². The van der Waals surface area contributed by atoms with E-state index in [1.54, 1.807) is 30.6 Å². The largest absolute Gasteiger partial charge is 0.494 e. The van der Waals surface area contributed by atoms with Gasteiger partial charge < -0.3 is 14.2 Å². The van der Waals surface area contributed by atoms with E-state index in [4.69, 9.17) is 14.2 Å². The van der Waals surface area contributed by atoms with Crippen molar-refractivity contribution in [3.05, 3.63) is 54.4 Å². The van der Waals surface area contributed by atoms with E-state index in [-0.39, 0.29) is 13.2 Å². The molecule has 0 saturated heterocycles. The van der Waals surface area contributed by atoms with Crippen molar-refractivity contribution >= 4 is 5.97 Å². The number of nitrogens with zero attached hydrogens (tertiary/aromatic N) is 1. The maximum Gasteiger partial charge on any atom is 0.344 e. The van der Waals surface area contributed by atoms with Gasteiger partial charge in [-0.1, -0.05) is 13.0 Å². The molecule has 116 valence electrons. The highest BCUT2D eigenvalue weighted by atomic mass is 16.6. The molecule has 0 radical (unpaired) electrons. The van der Waals surface area contributed by atoms with Gasteiger partial charge >= 0.3 is 5.97 Å². The number of pyridine rings is 1. The Morgan fingerprint density at radius 3 is 2.45 bits per heavy atom. The lowest BCUT2D eigenvalue weighted by atomic mass is 10.3. The third-order valence-electron chi connectivity index (χ3n) is 2.78. The topological polar surface area (TPSA) is 57.7 Å². The summed E-state index contributed by atoms with van der Waals surface area (Å²) >= 11 is 0. The van der Waals surface area contributed by atoms with Crippen LogP contribution in [0.5, 0.6) is 11.5 Å². The van der Waals surface area contributed by atoms with Crippen LogP contribution in [0.4, 0.5) is 0 Å². The Bertz CT molecular complexity index is 569. The summed E-state index contributed by atoms with van der Waals surface area (Å²) in [6.45, 7) is 2.80. The van der Waals surface area contributed by atoms with E-state index in [0.29, 0.717) is 12.4 Å². The highest BCUT2D eigenvalue weighted by Gasteiger charge is 2.05. The Labute approximate surface area is 129 Å². The van der Waals surface area contributed by atoms with Crippen LogP contribution in [-0.4, -0.2) is 24.2 Å². The van der Waals surface area contributed by atoms with Gasteiger partial charge in [-0.25, -0.2) is 4.79 Å². The standard InChI is InChI=1S/C17H19NO4/c1-2-10-20-15-5-7-16(8-6-15)21-13-17(19)22-12-14-4-3-9-18-11-14/h3-9,11H,2,10,12-13H2,1H3. The monoisotopic (exact) mass is 301 g/mol. The lowest BCUT2D eigenvalue weighted by molar-refractivity contribution is -0.147. The van der Waals surface area contributed by atoms with Gasteiger partial charge in [-0.3, -0.25) is 4.98 Å². The minimum atomic E-state index is -0.421. The molecule has 0 aliphatic heterocycles. The summed E-state index contributed by atoms with van der Waals surface area (Å²) in [7, 11) is 0. The van der Waals surface area contributed by atoms with Crippen molar-refractivity contribution in [1.29, 1.82) is 0 Å². The average Bonchev–Trinajstić information content (AvgIpc) is 2.58. The number of rotatable bonds is 8. The van der Waals surface area contributed by atoms with Crippen molar-refractivity contribution in [3.8, 4) is 11.5 Å². The van der Waals surface area contributed by atoms with E-state index >= 15 is 0 Å². The van der Waals surface area contributed by atoms with Crippen LogP contribution in [0.1, 0.15) is 18.9 Å².